The highest BCUT2D eigenvalue weighted by molar-refractivity contribution is 5.93. The van der Waals surface area contributed by atoms with Gasteiger partial charge >= 0.3 is 12.2 Å². The molecular formula is C34H40Cl2F3N7O4. The lowest BCUT2D eigenvalue weighted by Gasteiger charge is -2.53. The van der Waals surface area contributed by atoms with Crippen LogP contribution in [0, 0.1) is 0 Å². The Morgan fingerprint density at radius 1 is 0.940 bits per heavy atom. The number of alkyl halides is 3. The van der Waals surface area contributed by atoms with Crippen molar-refractivity contribution in [2.24, 2.45) is 0 Å². The van der Waals surface area contributed by atoms with Gasteiger partial charge in [0.2, 0.25) is 11.8 Å². The Kier molecular flexibility index (Phi) is 13.3. The molecule has 1 amide bonds. The van der Waals surface area contributed by atoms with Gasteiger partial charge in [0, 0.05) is 63.5 Å². The minimum absolute atomic E-state index is 0. The molecule has 2 aliphatic rings. The van der Waals surface area contributed by atoms with Crippen LogP contribution in [0.2, 0.25) is 0 Å². The number of carbonyl (C=O) groups excluding carboxylic acids is 1. The minimum atomic E-state index is -4.58. The maximum absolute atomic E-state index is 13.4. The van der Waals surface area contributed by atoms with Crippen LogP contribution in [0.15, 0.2) is 73.1 Å². The molecule has 4 heterocycles. The molecule has 2 saturated heterocycles. The molecule has 2 atom stereocenters. The lowest BCUT2D eigenvalue weighted by molar-refractivity contribution is -0.154. The number of methoxy groups -OCH3 is 1. The maximum atomic E-state index is 13.4. The molecule has 270 valence electrons. The van der Waals surface area contributed by atoms with Gasteiger partial charge in [0.05, 0.1) is 31.0 Å². The fraction of sp³-hybridized carbons (Fsp3) is 0.412. The second kappa shape index (κ2) is 17.2. The minimum Gasteiger partial charge on any atom is -0.481 e. The molecule has 4 aromatic rings. The summed E-state index contributed by atoms with van der Waals surface area (Å²) in [7, 11) is 1.40. The van der Waals surface area contributed by atoms with Gasteiger partial charge in [-0.25, -0.2) is 0 Å². The summed E-state index contributed by atoms with van der Waals surface area (Å²) in [5.41, 5.74) is 3.06. The molecular weight excluding hydrogens is 698 g/mol. The molecule has 2 aliphatic heterocycles. The van der Waals surface area contributed by atoms with Crippen LogP contribution in [-0.4, -0.2) is 112 Å². The standard InChI is InChI=1S/C34H38F3N7O4.2ClH/c1-3-47-33-40-30(46-2)27(31(41-33)48-22-34(35,36)37)20-42-18-26-19-43(32(45)25-16-38-39-17-25)14-15-44(26)28(21-42)29(23-10-6-4-7-11-23)24-12-8-5-9-13-24;;/h4-13,16-17,26,28-29H,3,14-15,18-22H2,1-2H3,(H,38,39);2*1H/t26-,28?;;/m1../s1. The van der Waals surface area contributed by atoms with E-state index in [1.165, 1.54) is 13.3 Å². The number of rotatable bonds is 11. The van der Waals surface area contributed by atoms with Gasteiger partial charge in [-0.1, -0.05) is 60.7 Å². The Bertz CT molecular complexity index is 1620. The third kappa shape index (κ3) is 8.97. The second-order valence-corrected chi connectivity index (χ2v) is 11.8. The van der Waals surface area contributed by atoms with Crippen molar-refractivity contribution in [3.8, 4) is 17.8 Å². The summed E-state index contributed by atoms with van der Waals surface area (Å²) in [6.45, 7) is 3.30. The topological polar surface area (TPSA) is 109 Å². The number of ether oxygens (including phenoxy) is 3. The number of amides is 1. The van der Waals surface area contributed by atoms with Gasteiger partial charge in [-0.3, -0.25) is 19.7 Å². The average molecular weight is 739 g/mol. The molecule has 11 nitrogen and oxygen atoms in total. The summed E-state index contributed by atoms with van der Waals surface area (Å²) in [5.74, 6) is -0.310. The lowest BCUT2D eigenvalue weighted by Crippen LogP contribution is -2.67. The number of aromatic amines is 1. The number of piperazine rings is 2. The molecule has 0 radical (unpaired) electrons. The molecule has 0 saturated carbocycles. The van der Waals surface area contributed by atoms with Crippen LogP contribution in [0.3, 0.4) is 0 Å². The Hall–Kier alpha value is -4.11. The number of carbonyl (C=O) groups is 1. The molecule has 0 spiro atoms. The molecule has 6 rings (SSSR count). The lowest BCUT2D eigenvalue weighted by atomic mass is 9.81. The van der Waals surface area contributed by atoms with Gasteiger partial charge in [-0.2, -0.15) is 28.2 Å². The van der Waals surface area contributed by atoms with Crippen molar-refractivity contribution >= 4 is 30.7 Å². The first-order valence-corrected chi connectivity index (χ1v) is 15.9. The maximum Gasteiger partial charge on any atom is 0.422 e. The third-order valence-electron chi connectivity index (χ3n) is 8.73. The number of nitrogens with zero attached hydrogens (tertiary/aromatic N) is 6. The fourth-order valence-corrected chi connectivity index (χ4v) is 6.75. The van der Waals surface area contributed by atoms with E-state index >= 15 is 0 Å². The molecule has 16 heteroatoms. The molecule has 1 unspecified atom stereocenters. The molecule has 2 fully saturated rings. The number of H-pyrrole nitrogens is 1. The molecule has 0 bridgehead atoms. The van der Waals surface area contributed by atoms with Crippen LogP contribution in [0.25, 0.3) is 0 Å². The number of halogens is 5. The zero-order valence-electron chi connectivity index (χ0n) is 27.6. The van der Waals surface area contributed by atoms with Crippen molar-refractivity contribution in [3.05, 3.63) is 95.3 Å². The summed E-state index contributed by atoms with van der Waals surface area (Å²) in [6.07, 6.45) is -1.47. The largest absolute Gasteiger partial charge is 0.481 e. The van der Waals surface area contributed by atoms with E-state index in [0.29, 0.717) is 38.3 Å². The Morgan fingerprint density at radius 2 is 1.60 bits per heavy atom. The van der Waals surface area contributed by atoms with Crippen LogP contribution in [0.1, 0.15) is 39.9 Å². The van der Waals surface area contributed by atoms with Gasteiger partial charge in [0.25, 0.3) is 5.91 Å². The van der Waals surface area contributed by atoms with Crippen molar-refractivity contribution in [1.29, 1.82) is 0 Å². The van der Waals surface area contributed by atoms with E-state index in [1.54, 1.807) is 13.1 Å². The number of aromatic nitrogens is 4. The van der Waals surface area contributed by atoms with Crippen molar-refractivity contribution in [2.45, 2.75) is 37.6 Å². The number of benzene rings is 2. The number of fused-ring (bicyclic) bond motifs is 1. The van der Waals surface area contributed by atoms with E-state index in [-0.39, 0.29) is 85.2 Å². The summed E-state index contributed by atoms with van der Waals surface area (Å²) in [6, 6.07) is 20.3. The fourth-order valence-electron chi connectivity index (χ4n) is 6.75. The van der Waals surface area contributed by atoms with E-state index in [0.717, 1.165) is 11.1 Å². The van der Waals surface area contributed by atoms with Crippen LogP contribution in [-0.2, 0) is 6.54 Å². The predicted molar refractivity (Wildman–Crippen MR) is 185 cm³/mol. The van der Waals surface area contributed by atoms with E-state index in [4.69, 9.17) is 14.2 Å². The second-order valence-electron chi connectivity index (χ2n) is 11.8. The Labute approximate surface area is 300 Å². The van der Waals surface area contributed by atoms with Gasteiger partial charge in [0.1, 0.15) is 0 Å². The zero-order valence-corrected chi connectivity index (χ0v) is 29.2. The Balaban J connectivity index is 0.00000281. The number of hydrogen-bond acceptors (Lipinski definition) is 9. The first-order valence-electron chi connectivity index (χ1n) is 15.9. The normalized spacial score (nSPS) is 18.1. The summed E-state index contributed by atoms with van der Waals surface area (Å²) < 4.78 is 56.2. The zero-order chi connectivity index (χ0) is 33.7. The highest BCUT2D eigenvalue weighted by Crippen LogP contribution is 2.38. The van der Waals surface area contributed by atoms with E-state index in [2.05, 4.69) is 54.2 Å². The Morgan fingerprint density at radius 3 is 2.18 bits per heavy atom. The quantitative estimate of drug-likeness (QED) is 0.221. The van der Waals surface area contributed by atoms with Crippen LogP contribution >= 0.6 is 24.8 Å². The molecule has 1 N–H and O–H groups in total. The van der Waals surface area contributed by atoms with E-state index < -0.39 is 12.8 Å². The smallest absolute Gasteiger partial charge is 0.422 e. The van der Waals surface area contributed by atoms with Crippen molar-refractivity contribution in [1.82, 2.24) is 34.9 Å². The molecule has 2 aromatic carbocycles. The first kappa shape index (κ1) is 38.7. The SMILES string of the molecule is CCOc1nc(OC)c(CN2CC(C(c3ccccc3)c3ccccc3)N3CCN(C(=O)c4cn[nH]c4)C[C@H]3C2)c(OCC(F)(F)F)n1.Cl.Cl. The highest BCUT2D eigenvalue weighted by Gasteiger charge is 2.44. The van der Waals surface area contributed by atoms with E-state index in [1.807, 2.05) is 41.3 Å². The van der Waals surface area contributed by atoms with Gasteiger partial charge in [-0.05, 0) is 18.1 Å². The molecule has 50 heavy (non-hydrogen) atoms. The summed E-state index contributed by atoms with van der Waals surface area (Å²) in [4.78, 5) is 28.4. The van der Waals surface area contributed by atoms with Crippen LogP contribution in [0.4, 0.5) is 13.2 Å². The van der Waals surface area contributed by atoms with Crippen LogP contribution in [0.5, 0.6) is 17.8 Å². The van der Waals surface area contributed by atoms with Crippen molar-refractivity contribution in [2.75, 3.05) is 53.0 Å². The van der Waals surface area contributed by atoms with Crippen molar-refractivity contribution < 1.29 is 32.2 Å². The summed E-state index contributed by atoms with van der Waals surface area (Å²) in [5, 5.41) is 6.66. The monoisotopic (exact) mass is 737 g/mol. The number of nitrogens with one attached hydrogen (secondary N) is 1. The molecule has 2 aromatic heterocycles. The molecule has 0 aliphatic carbocycles. The van der Waals surface area contributed by atoms with E-state index in [9.17, 15) is 18.0 Å². The van der Waals surface area contributed by atoms with Crippen LogP contribution < -0.4 is 14.2 Å². The van der Waals surface area contributed by atoms with Gasteiger partial charge in [-0.15, -0.1) is 24.8 Å². The van der Waals surface area contributed by atoms with Crippen molar-refractivity contribution in [3.63, 3.8) is 0 Å². The predicted octanol–water partition coefficient (Wildman–Crippen LogP) is 5.23. The van der Waals surface area contributed by atoms with Gasteiger partial charge in [0.15, 0.2) is 6.61 Å². The third-order valence-corrected chi connectivity index (χ3v) is 8.73. The highest BCUT2D eigenvalue weighted by atomic mass is 35.5. The number of hydrogen-bond donors (Lipinski definition) is 1. The van der Waals surface area contributed by atoms with Gasteiger partial charge < -0.3 is 19.1 Å². The average Bonchev–Trinajstić information content (AvgIpc) is 3.64. The first-order chi connectivity index (χ1) is 23.2. The summed E-state index contributed by atoms with van der Waals surface area (Å²) >= 11 is 0.